The summed E-state index contributed by atoms with van der Waals surface area (Å²) in [4.78, 5) is 3.47. The molecule has 154 valence electrons. The molecule has 0 radical (unpaired) electrons. The van der Waals surface area contributed by atoms with Gasteiger partial charge in [0.05, 0.1) is 4.90 Å². The largest absolute Gasteiger partial charge is 0.467 e. The number of hydrogen-bond acceptors (Lipinski definition) is 4. The van der Waals surface area contributed by atoms with Gasteiger partial charge in [-0.3, -0.25) is 0 Å². The van der Waals surface area contributed by atoms with Crippen LogP contribution >= 0.6 is 0 Å². The highest BCUT2D eigenvalue weighted by molar-refractivity contribution is 7.92. The predicted molar refractivity (Wildman–Crippen MR) is 117 cm³/mol. The van der Waals surface area contributed by atoms with Gasteiger partial charge in [-0.05, 0) is 31.2 Å². The lowest BCUT2D eigenvalue weighted by molar-refractivity contribution is 0.0504. The molecule has 0 fully saturated rings. The Kier molecular flexibility index (Phi) is 5.61. The maximum Gasteiger partial charge on any atom is 0.189 e. The van der Waals surface area contributed by atoms with Crippen molar-refractivity contribution in [1.29, 1.82) is 0 Å². The van der Waals surface area contributed by atoms with E-state index in [2.05, 4.69) is 4.98 Å². The predicted octanol–water partition coefficient (Wildman–Crippen LogP) is 5.02. The minimum absolute atomic E-state index is 0.0300. The van der Waals surface area contributed by atoms with Crippen LogP contribution < -0.4 is 4.74 Å². The zero-order chi connectivity index (χ0) is 21.1. The SMILES string of the molecule is COCOc1ccccc1C(c1c[nH]c2ccccc12)S(=O)(=O)c1ccc(C)cc1. The zero-order valence-corrected chi connectivity index (χ0v) is 17.6. The molecule has 4 aromatic rings. The summed E-state index contributed by atoms with van der Waals surface area (Å²) in [5, 5.41) is -0.0795. The highest BCUT2D eigenvalue weighted by atomic mass is 32.2. The highest BCUT2D eigenvalue weighted by Crippen LogP contribution is 2.42. The number of aromatic nitrogens is 1. The fourth-order valence-corrected chi connectivity index (χ4v) is 5.47. The molecule has 0 aliphatic carbocycles. The van der Waals surface area contributed by atoms with Gasteiger partial charge in [-0.1, -0.05) is 54.1 Å². The average Bonchev–Trinajstić information content (AvgIpc) is 3.17. The smallest absolute Gasteiger partial charge is 0.189 e. The summed E-state index contributed by atoms with van der Waals surface area (Å²) >= 11 is 0. The van der Waals surface area contributed by atoms with E-state index in [0.29, 0.717) is 16.9 Å². The average molecular weight is 422 g/mol. The van der Waals surface area contributed by atoms with E-state index < -0.39 is 15.1 Å². The lowest BCUT2D eigenvalue weighted by atomic mass is 10.0. The Hall–Kier alpha value is -3.09. The lowest BCUT2D eigenvalue weighted by Gasteiger charge is -2.21. The van der Waals surface area contributed by atoms with Crippen molar-refractivity contribution in [2.24, 2.45) is 0 Å². The van der Waals surface area contributed by atoms with Crippen LogP contribution in [0.4, 0.5) is 0 Å². The first kappa shape index (κ1) is 20.2. The first-order valence-electron chi connectivity index (χ1n) is 9.59. The maximum absolute atomic E-state index is 13.9. The number of para-hydroxylation sites is 2. The molecular weight excluding hydrogens is 398 g/mol. The van der Waals surface area contributed by atoms with E-state index in [9.17, 15) is 8.42 Å². The molecule has 1 unspecified atom stereocenters. The molecule has 1 atom stereocenters. The van der Waals surface area contributed by atoms with Crippen molar-refractivity contribution < 1.29 is 17.9 Å². The van der Waals surface area contributed by atoms with Crippen LogP contribution in [0.3, 0.4) is 0 Å². The third-order valence-electron chi connectivity index (χ3n) is 5.10. The molecule has 0 bridgehead atoms. The highest BCUT2D eigenvalue weighted by Gasteiger charge is 2.34. The number of sulfone groups is 1. The van der Waals surface area contributed by atoms with Crippen molar-refractivity contribution >= 4 is 20.7 Å². The minimum atomic E-state index is -3.77. The zero-order valence-electron chi connectivity index (χ0n) is 16.8. The van der Waals surface area contributed by atoms with Gasteiger partial charge in [0.25, 0.3) is 0 Å². The fourth-order valence-electron chi connectivity index (χ4n) is 3.63. The van der Waals surface area contributed by atoms with Gasteiger partial charge in [-0.25, -0.2) is 8.42 Å². The number of methoxy groups -OCH3 is 1. The summed E-state index contributed by atoms with van der Waals surface area (Å²) in [5.74, 6) is 0.477. The molecule has 5 nitrogen and oxygen atoms in total. The quantitative estimate of drug-likeness (QED) is 0.425. The Morgan fingerprint density at radius 2 is 1.60 bits per heavy atom. The monoisotopic (exact) mass is 421 g/mol. The van der Waals surface area contributed by atoms with Crippen LogP contribution in [0.2, 0.25) is 0 Å². The van der Waals surface area contributed by atoms with Gasteiger partial charge in [0, 0.05) is 35.3 Å². The Labute approximate surface area is 176 Å². The van der Waals surface area contributed by atoms with Crippen molar-refractivity contribution in [2.45, 2.75) is 17.1 Å². The fraction of sp³-hybridized carbons (Fsp3) is 0.167. The van der Waals surface area contributed by atoms with Crippen LogP contribution in [0, 0.1) is 6.92 Å². The summed E-state index contributed by atoms with van der Waals surface area (Å²) in [7, 11) is -2.24. The van der Waals surface area contributed by atoms with Crippen molar-refractivity contribution in [1.82, 2.24) is 4.98 Å². The molecule has 0 saturated heterocycles. The van der Waals surface area contributed by atoms with Crippen LogP contribution in [0.25, 0.3) is 10.9 Å². The number of benzene rings is 3. The van der Waals surface area contributed by atoms with Crippen LogP contribution in [0.5, 0.6) is 5.75 Å². The molecule has 1 aromatic heterocycles. The number of H-pyrrole nitrogens is 1. The summed E-state index contributed by atoms with van der Waals surface area (Å²) in [6.07, 6.45) is 1.77. The third kappa shape index (κ3) is 3.72. The molecule has 0 aliphatic rings. The molecule has 0 spiro atoms. The van der Waals surface area contributed by atoms with Crippen LogP contribution in [0.1, 0.15) is 21.9 Å². The van der Waals surface area contributed by atoms with Crippen molar-refractivity contribution in [3.8, 4) is 5.75 Å². The molecule has 0 aliphatic heterocycles. The first-order valence-corrected chi connectivity index (χ1v) is 11.1. The van der Waals surface area contributed by atoms with Crippen LogP contribution in [-0.4, -0.2) is 27.3 Å². The second-order valence-electron chi connectivity index (χ2n) is 7.12. The molecule has 3 aromatic carbocycles. The van der Waals surface area contributed by atoms with Gasteiger partial charge in [0.15, 0.2) is 16.6 Å². The molecule has 6 heteroatoms. The standard InChI is InChI=1S/C24H23NO4S/c1-17-11-13-18(14-12-17)30(26,27)24(20-8-4-6-10-23(20)29-16-28-2)21-15-25-22-9-5-3-7-19(21)22/h3-15,24-25H,16H2,1-2H3. The molecule has 1 heterocycles. The lowest BCUT2D eigenvalue weighted by Crippen LogP contribution is -2.16. The first-order chi connectivity index (χ1) is 14.5. The van der Waals surface area contributed by atoms with Gasteiger partial charge < -0.3 is 14.5 Å². The maximum atomic E-state index is 13.9. The Morgan fingerprint density at radius 1 is 0.900 bits per heavy atom. The van der Waals surface area contributed by atoms with E-state index >= 15 is 0 Å². The molecule has 1 N–H and O–H groups in total. The number of aryl methyl sites for hydroxylation is 1. The summed E-state index contributed by atoms with van der Waals surface area (Å²) in [5.41, 5.74) is 3.13. The summed E-state index contributed by atoms with van der Waals surface area (Å²) in [6, 6.07) is 21.8. The number of aromatic amines is 1. The van der Waals surface area contributed by atoms with Crippen molar-refractivity contribution in [3.05, 3.63) is 95.7 Å². The summed E-state index contributed by atoms with van der Waals surface area (Å²) in [6.45, 7) is 1.96. The van der Waals surface area contributed by atoms with Crippen LogP contribution in [-0.2, 0) is 14.6 Å². The van der Waals surface area contributed by atoms with Gasteiger partial charge in [0.2, 0.25) is 0 Å². The topological polar surface area (TPSA) is 68.4 Å². The number of ether oxygens (including phenoxy) is 2. The second kappa shape index (κ2) is 8.34. The van der Waals surface area contributed by atoms with Crippen molar-refractivity contribution in [3.63, 3.8) is 0 Å². The Balaban J connectivity index is 1.96. The second-order valence-corrected chi connectivity index (χ2v) is 9.15. The van der Waals surface area contributed by atoms with Crippen LogP contribution in [0.15, 0.2) is 83.9 Å². The van der Waals surface area contributed by atoms with Gasteiger partial charge >= 0.3 is 0 Å². The Morgan fingerprint density at radius 3 is 2.37 bits per heavy atom. The van der Waals surface area contributed by atoms with E-state index in [-0.39, 0.29) is 11.7 Å². The third-order valence-corrected chi connectivity index (χ3v) is 7.15. The van der Waals surface area contributed by atoms with Crippen molar-refractivity contribution in [2.75, 3.05) is 13.9 Å². The van der Waals surface area contributed by atoms with Gasteiger partial charge in [-0.2, -0.15) is 0 Å². The number of rotatable bonds is 7. The normalized spacial score (nSPS) is 12.7. The van der Waals surface area contributed by atoms with Gasteiger partial charge in [-0.15, -0.1) is 0 Å². The van der Waals surface area contributed by atoms with E-state index in [1.165, 1.54) is 7.11 Å². The molecule has 0 saturated carbocycles. The van der Waals surface area contributed by atoms with E-state index in [0.717, 1.165) is 16.5 Å². The molecule has 0 amide bonds. The van der Waals surface area contributed by atoms with E-state index in [1.54, 1.807) is 30.5 Å². The van der Waals surface area contributed by atoms with E-state index in [1.807, 2.05) is 55.5 Å². The molecule has 30 heavy (non-hydrogen) atoms. The molecule has 4 rings (SSSR count). The Bertz CT molecular complexity index is 1260. The number of hydrogen-bond donors (Lipinski definition) is 1. The minimum Gasteiger partial charge on any atom is -0.467 e. The summed E-state index contributed by atoms with van der Waals surface area (Å²) < 4.78 is 38.6. The van der Waals surface area contributed by atoms with Gasteiger partial charge in [0.1, 0.15) is 11.0 Å². The number of nitrogens with one attached hydrogen (secondary N) is 1. The number of fused-ring (bicyclic) bond motifs is 1. The molecular formula is C24H23NO4S. The van der Waals surface area contributed by atoms with E-state index in [4.69, 9.17) is 9.47 Å².